The van der Waals surface area contributed by atoms with Gasteiger partial charge in [0, 0.05) is 6.26 Å². The maximum absolute atomic E-state index is 11.7. The van der Waals surface area contributed by atoms with E-state index in [9.17, 15) is 13.2 Å². The van der Waals surface area contributed by atoms with Crippen LogP contribution in [0.2, 0.25) is 0 Å². The van der Waals surface area contributed by atoms with Crippen LogP contribution in [-0.2, 0) is 14.6 Å². The lowest BCUT2D eigenvalue weighted by atomic mass is 10.1. The second kappa shape index (κ2) is 4.87. The van der Waals surface area contributed by atoms with Crippen molar-refractivity contribution in [3.8, 4) is 0 Å². The van der Waals surface area contributed by atoms with Gasteiger partial charge in [-0.25, -0.2) is 13.2 Å². The van der Waals surface area contributed by atoms with E-state index >= 15 is 0 Å². The van der Waals surface area contributed by atoms with Crippen LogP contribution in [0.5, 0.6) is 0 Å². The van der Waals surface area contributed by atoms with Gasteiger partial charge in [-0.1, -0.05) is 6.07 Å². The highest BCUT2D eigenvalue weighted by molar-refractivity contribution is 7.90. The largest absolute Gasteiger partial charge is 0.459 e. The first kappa shape index (κ1) is 13.7. The van der Waals surface area contributed by atoms with Crippen LogP contribution in [0.4, 0.5) is 0 Å². The Morgan fingerprint density at radius 1 is 1.29 bits per heavy atom. The van der Waals surface area contributed by atoms with Gasteiger partial charge < -0.3 is 4.74 Å². The number of sulfone groups is 1. The molecule has 0 bridgehead atoms. The topological polar surface area (TPSA) is 60.4 Å². The number of aryl methyl sites for hydroxylation is 1. The summed E-state index contributed by atoms with van der Waals surface area (Å²) in [6.45, 7) is 5.23. The van der Waals surface area contributed by atoms with E-state index in [1.54, 1.807) is 26.8 Å². The van der Waals surface area contributed by atoms with Gasteiger partial charge >= 0.3 is 5.97 Å². The molecule has 0 saturated carbocycles. The fourth-order valence-corrected chi connectivity index (χ4v) is 1.98. The molecule has 1 aromatic carbocycles. The summed E-state index contributed by atoms with van der Waals surface area (Å²) < 4.78 is 27.8. The Morgan fingerprint density at radius 3 is 2.35 bits per heavy atom. The fourth-order valence-electron chi connectivity index (χ4n) is 1.33. The molecule has 4 nitrogen and oxygen atoms in total. The summed E-state index contributed by atoms with van der Waals surface area (Å²) in [6.07, 6.45) is 0.874. The zero-order valence-corrected chi connectivity index (χ0v) is 11.2. The van der Waals surface area contributed by atoms with Gasteiger partial charge in [0.1, 0.15) is 0 Å². The molecule has 0 amide bonds. The molecular formula is C12H16O4S. The van der Waals surface area contributed by atoms with E-state index in [1.807, 2.05) is 0 Å². The molecule has 0 spiro atoms. The minimum absolute atomic E-state index is 0.124. The van der Waals surface area contributed by atoms with Crippen molar-refractivity contribution in [3.05, 3.63) is 29.3 Å². The number of benzene rings is 1. The highest BCUT2D eigenvalue weighted by Gasteiger charge is 2.16. The molecule has 0 unspecified atom stereocenters. The van der Waals surface area contributed by atoms with Crippen LogP contribution in [0.3, 0.4) is 0 Å². The maximum atomic E-state index is 11.7. The summed E-state index contributed by atoms with van der Waals surface area (Å²) in [5.41, 5.74) is 0.990. The van der Waals surface area contributed by atoms with E-state index in [0.717, 1.165) is 6.26 Å². The van der Waals surface area contributed by atoms with Crippen molar-refractivity contribution in [2.24, 2.45) is 0 Å². The number of carbonyl (C=O) groups is 1. The van der Waals surface area contributed by atoms with Gasteiger partial charge in [0.15, 0.2) is 9.84 Å². The number of carbonyl (C=O) groups excluding carboxylic acids is 1. The lowest BCUT2D eigenvalue weighted by Crippen LogP contribution is -2.13. The van der Waals surface area contributed by atoms with Crippen molar-refractivity contribution >= 4 is 15.8 Å². The van der Waals surface area contributed by atoms with Crippen LogP contribution in [0, 0.1) is 6.92 Å². The second-order valence-corrected chi connectivity index (χ2v) is 6.22. The monoisotopic (exact) mass is 256 g/mol. The van der Waals surface area contributed by atoms with Gasteiger partial charge in [0.2, 0.25) is 0 Å². The SMILES string of the molecule is Cc1ccc(S(C)(=O)=O)cc1C(=O)OC(C)C. The highest BCUT2D eigenvalue weighted by atomic mass is 32.2. The molecule has 0 radical (unpaired) electrons. The zero-order valence-electron chi connectivity index (χ0n) is 10.4. The van der Waals surface area contributed by atoms with Gasteiger partial charge in [-0.05, 0) is 38.5 Å². The summed E-state index contributed by atoms with van der Waals surface area (Å²) in [4.78, 5) is 11.9. The smallest absolute Gasteiger partial charge is 0.338 e. The van der Waals surface area contributed by atoms with Crippen LogP contribution in [-0.4, -0.2) is 26.7 Å². The third-order valence-electron chi connectivity index (χ3n) is 2.20. The van der Waals surface area contributed by atoms with E-state index < -0.39 is 15.8 Å². The fraction of sp³-hybridized carbons (Fsp3) is 0.417. The van der Waals surface area contributed by atoms with Crippen molar-refractivity contribution in [1.29, 1.82) is 0 Å². The lowest BCUT2D eigenvalue weighted by Gasteiger charge is -2.10. The Morgan fingerprint density at radius 2 is 1.88 bits per heavy atom. The normalized spacial score (nSPS) is 11.6. The third kappa shape index (κ3) is 3.56. The van der Waals surface area contributed by atoms with Crippen LogP contribution in [0.25, 0.3) is 0 Å². The molecule has 94 valence electrons. The first-order valence-corrected chi connectivity index (χ1v) is 7.12. The molecule has 0 heterocycles. The number of ether oxygens (including phenoxy) is 1. The average Bonchev–Trinajstić information content (AvgIpc) is 2.15. The van der Waals surface area contributed by atoms with Crippen LogP contribution >= 0.6 is 0 Å². The molecule has 0 aliphatic carbocycles. The predicted molar refractivity (Wildman–Crippen MR) is 64.8 cm³/mol. The number of hydrogen-bond donors (Lipinski definition) is 0. The Kier molecular flexibility index (Phi) is 3.93. The number of hydrogen-bond acceptors (Lipinski definition) is 4. The Hall–Kier alpha value is -1.36. The van der Waals surface area contributed by atoms with Gasteiger partial charge in [-0.2, -0.15) is 0 Å². The second-order valence-electron chi connectivity index (χ2n) is 4.20. The Bertz CT molecular complexity index is 529. The van der Waals surface area contributed by atoms with E-state index in [1.165, 1.54) is 12.1 Å². The first-order valence-electron chi connectivity index (χ1n) is 5.23. The molecular weight excluding hydrogens is 240 g/mol. The van der Waals surface area contributed by atoms with Crippen molar-refractivity contribution in [3.63, 3.8) is 0 Å². The molecule has 1 aromatic rings. The van der Waals surface area contributed by atoms with E-state index in [0.29, 0.717) is 11.1 Å². The van der Waals surface area contributed by atoms with E-state index in [-0.39, 0.29) is 11.0 Å². The summed E-state index contributed by atoms with van der Waals surface area (Å²) in [6, 6.07) is 4.44. The van der Waals surface area contributed by atoms with Crippen molar-refractivity contribution in [2.75, 3.05) is 6.26 Å². The van der Waals surface area contributed by atoms with Gasteiger partial charge in [-0.3, -0.25) is 0 Å². The molecule has 0 N–H and O–H groups in total. The van der Waals surface area contributed by atoms with Crippen molar-refractivity contribution < 1.29 is 17.9 Å². The minimum atomic E-state index is -3.31. The summed E-state index contributed by atoms with van der Waals surface area (Å²) >= 11 is 0. The quantitative estimate of drug-likeness (QED) is 0.776. The van der Waals surface area contributed by atoms with E-state index in [4.69, 9.17) is 4.74 Å². The zero-order chi connectivity index (χ0) is 13.2. The molecule has 0 aromatic heterocycles. The summed E-state index contributed by atoms with van der Waals surface area (Å²) in [5.74, 6) is -0.497. The Balaban J connectivity index is 3.20. The summed E-state index contributed by atoms with van der Waals surface area (Å²) in [5, 5.41) is 0. The lowest BCUT2D eigenvalue weighted by molar-refractivity contribution is 0.0377. The van der Waals surface area contributed by atoms with Crippen LogP contribution < -0.4 is 0 Å². The van der Waals surface area contributed by atoms with Gasteiger partial charge in [0.05, 0.1) is 16.6 Å². The Labute approximate surface area is 102 Å². The molecule has 0 aliphatic rings. The molecule has 0 saturated heterocycles. The number of rotatable bonds is 3. The van der Waals surface area contributed by atoms with Crippen molar-refractivity contribution in [2.45, 2.75) is 31.8 Å². The third-order valence-corrected chi connectivity index (χ3v) is 3.31. The first-order chi connectivity index (χ1) is 7.71. The molecule has 5 heteroatoms. The standard InChI is InChI=1S/C12H16O4S/c1-8(2)16-12(13)11-7-10(17(4,14)15)6-5-9(11)3/h5-8H,1-4H3. The molecule has 17 heavy (non-hydrogen) atoms. The van der Waals surface area contributed by atoms with Gasteiger partial charge in [0.25, 0.3) is 0 Å². The predicted octanol–water partition coefficient (Wildman–Crippen LogP) is 1.96. The molecule has 0 aliphatic heterocycles. The van der Waals surface area contributed by atoms with Gasteiger partial charge in [-0.15, -0.1) is 0 Å². The highest BCUT2D eigenvalue weighted by Crippen LogP contribution is 2.17. The van der Waals surface area contributed by atoms with Crippen LogP contribution in [0.15, 0.2) is 23.1 Å². The average molecular weight is 256 g/mol. The van der Waals surface area contributed by atoms with E-state index in [2.05, 4.69) is 0 Å². The van der Waals surface area contributed by atoms with Crippen LogP contribution in [0.1, 0.15) is 29.8 Å². The molecule has 0 fully saturated rings. The minimum Gasteiger partial charge on any atom is -0.459 e. The molecule has 0 atom stereocenters. The summed E-state index contributed by atoms with van der Waals surface area (Å²) in [7, 11) is -3.31. The molecule has 1 rings (SSSR count). The van der Waals surface area contributed by atoms with Crippen molar-refractivity contribution in [1.82, 2.24) is 0 Å². The maximum Gasteiger partial charge on any atom is 0.338 e. The number of esters is 1.